The Morgan fingerprint density at radius 2 is 2.37 bits per heavy atom. The summed E-state index contributed by atoms with van der Waals surface area (Å²) in [7, 11) is 0. The topological polar surface area (TPSA) is 53.7 Å². The van der Waals surface area contributed by atoms with Crippen molar-refractivity contribution in [3.63, 3.8) is 0 Å². The van der Waals surface area contributed by atoms with Gasteiger partial charge in [-0.05, 0) is 44.1 Å². The fourth-order valence-electron chi connectivity index (χ4n) is 2.85. The first-order valence-electron chi connectivity index (χ1n) is 6.38. The first kappa shape index (κ1) is 12.4. The maximum absolute atomic E-state index is 9.17. The molecule has 98 valence electrons. The fourth-order valence-corrected chi connectivity index (χ4v) is 3.28. The molecule has 19 heavy (non-hydrogen) atoms. The summed E-state index contributed by atoms with van der Waals surface area (Å²) < 4.78 is 8.39. The minimum absolute atomic E-state index is 0.137. The number of hydrogen-bond acceptors (Lipinski definition) is 3. The van der Waals surface area contributed by atoms with Crippen molar-refractivity contribution >= 4 is 23.3 Å². The van der Waals surface area contributed by atoms with Crippen LogP contribution in [0.4, 0.5) is 0 Å². The van der Waals surface area contributed by atoms with Gasteiger partial charge in [-0.25, -0.2) is 0 Å². The zero-order valence-electron chi connectivity index (χ0n) is 10.8. The smallest absolute Gasteiger partial charge is 0.178 e. The maximum atomic E-state index is 9.17. The van der Waals surface area contributed by atoms with Gasteiger partial charge in [0.15, 0.2) is 4.77 Å². The van der Waals surface area contributed by atoms with Crippen molar-refractivity contribution in [1.82, 2.24) is 9.55 Å². The second kappa shape index (κ2) is 4.48. The lowest BCUT2D eigenvalue weighted by molar-refractivity contribution is 0.0108. The number of ether oxygens (including phenoxy) is 1. The van der Waals surface area contributed by atoms with Crippen molar-refractivity contribution in [1.29, 1.82) is 5.26 Å². The van der Waals surface area contributed by atoms with Gasteiger partial charge in [-0.3, -0.25) is 0 Å². The Kier molecular flexibility index (Phi) is 2.92. The molecule has 2 aromatic rings. The van der Waals surface area contributed by atoms with Crippen LogP contribution in [0.5, 0.6) is 0 Å². The van der Waals surface area contributed by atoms with E-state index in [1.54, 1.807) is 6.07 Å². The third-order valence-corrected chi connectivity index (χ3v) is 4.08. The minimum Gasteiger partial charge on any atom is -0.379 e. The van der Waals surface area contributed by atoms with Gasteiger partial charge in [0.05, 0.1) is 28.7 Å². The van der Waals surface area contributed by atoms with Gasteiger partial charge in [-0.1, -0.05) is 6.07 Å². The number of aromatic amines is 1. The zero-order chi connectivity index (χ0) is 13.5. The van der Waals surface area contributed by atoms with E-state index in [0.717, 1.165) is 30.5 Å². The van der Waals surface area contributed by atoms with Crippen molar-refractivity contribution in [3.8, 4) is 6.07 Å². The molecular weight excluding hydrogens is 258 g/mol. The second-order valence-electron chi connectivity index (χ2n) is 5.23. The average Bonchev–Trinajstić information content (AvgIpc) is 2.76. The standard InChI is InChI=1S/C14H15N3OS/c1-14(6-3-7-18-9-14)17-11-5-2-4-10(8-15)12(11)16-13(17)19/h2,4-5H,3,6-7,9H2,1H3,(H,16,19). The van der Waals surface area contributed by atoms with Gasteiger partial charge in [0.25, 0.3) is 0 Å². The summed E-state index contributed by atoms with van der Waals surface area (Å²) in [6.45, 7) is 3.63. The van der Waals surface area contributed by atoms with Crippen LogP contribution in [0.15, 0.2) is 18.2 Å². The molecule has 0 spiro atoms. The average molecular weight is 273 g/mol. The minimum atomic E-state index is -0.137. The highest BCUT2D eigenvalue weighted by Gasteiger charge is 2.31. The molecule has 0 radical (unpaired) electrons. The zero-order valence-corrected chi connectivity index (χ0v) is 11.6. The molecule has 0 saturated carbocycles. The maximum Gasteiger partial charge on any atom is 0.178 e. The summed E-state index contributed by atoms with van der Waals surface area (Å²) >= 11 is 5.46. The molecule has 1 saturated heterocycles. The number of fused-ring (bicyclic) bond motifs is 1. The second-order valence-corrected chi connectivity index (χ2v) is 5.62. The number of imidazole rings is 1. The molecule has 3 rings (SSSR count). The van der Waals surface area contributed by atoms with Crippen molar-refractivity contribution in [2.24, 2.45) is 0 Å². The number of rotatable bonds is 1. The normalized spacial score (nSPS) is 23.4. The summed E-state index contributed by atoms with van der Waals surface area (Å²) in [5, 5.41) is 9.17. The van der Waals surface area contributed by atoms with Gasteiger partial charge < -0.3 is 14.3 Å². The Balaban J connectivity index is 2.27. The van der Waals surface area contributed by atoms with Gasteiger partial charge in [0.2, 0.25) is 0 Å². The molecule has 1 aromatic carbocycles. The Bertz CT molecular complexity index is 716. The van der Waals surface area contributed by atoms with Gasteiger partial charge >= 0.3 is 0 Å². The molecule has 1 aliphatic heterocycles. The monoisotopic (exact) mass is 273 g/mol. The predicted molar refractivity (Wildman–Crippen MR) is 75.5 cm³/mol. The Labute approximate surface area is 116 Å². The highest BCUT2D eigenvalue weighted by molar-refractivity contribution is 7.71. The van der Waals surface area contributed by atoms with Crippen molar-refractivity contribution in [2.45, 2.75) is 25.3 Å². The van der Waals surface area contributed by atoms with E-state index in [1.165, 1.54) is 0 Å². The van der Waals surface area contributed by atoms with Crippen molar-refractivity contribution < 1.29 is 4.74 Å². The van der Waals surface area contributed by atoms with Gasteiger partial charge in [-0.15, -0.1) is 0 Å². The van der Waals surface area contributed by atoms with Crippen LogP contribution in [0, 0.1) is 16.1 Å². The molecular formula is C14H15N3OS. The number of nitriles is 1. The van der Waals surface area contributed by atoms with Gasteiger partial charge in [0.1, 0.15) is 6.07 Å². The summed E-state index contributed by atoms with van der Waals surface area (Å²) in [6, 6.07) is 7.91. The van der Waals surface area contributed by atoms with Crippen LogP contribution >= 0.6 is 12.2 Å². The molecule has 0 aliphatic carbocycles. The number of aromatic nitrogens is 2. The predicted octanol–water partition coefficient (Wildman–Crippen LogP) is 3.10. The highest BCUT2D eigenvalue weighted by atomic mass is 32.1. The summed E-state index contributed by atoms with van der Waals surface area (Å²) in [5.41, 5.74) is 2.29. The number of nitrogens with one attached hydrogen (secondary N) is 1. The van der Waals surface area contributed by atoms with Gasteiger partial charge in [-0.2, -0.15) is 5.26 Å². The first-order valence-corrected chi connectivity index (χ1v) is 6.79. The van der Waals surface area contributed by atoms with Crippen LogP contribution in [0.25, 0.3) is 11.0 Å². The van der Waals surface area contributed by atoms with Crippen molar-refractivity contribution in [3.05, 3.63) is 28.5 Å². The molecule has 1 atom stereocenters. The molecule has 1 aromatic heterocycles. The van der Waals surface area contributed by atoms with E-state index in [1.807, 2.05) is 12.1 Å². The number of nitrogens with zero attached hydrogens (tertiary/aromatic N) is 2. The molecule has 4 nitrogen and oxygen atoms in total. The molecule has 0 amide bonds. The largest absolute Gasteiger partial charge is 0.379 e. The Morgan fingerprint density at radius 1 is 1.53 bits per heavy atom. The fraction of sp³-hybridized carbons (Fsp3) is 0.429. The van der Waals surface area contributed by atoms with Crippen molar-refractivity contribution in [2.75, 3.05) is 13.2 Å². The van der Waals surface area contributed by atoms with E-state index < -0.39 is 0 Å². The van der Waals surface area contributed by atoms with E-state index >= 15 is 0 Å². The summed E-state index contributed by atoms with van der Waals surface area (Å²) in [4.78, 5) is 3.17. The van der Waals surface area contributed by atoms with E-state index in [9.17, 15) is 5.26 Å². The van der Waals surface area contributed by atoms with E-state index in [-0.39, 0.29) is 5.54 Å². The van der Waals surface area contributed by atoms with Crippen LogP contribution in [-0.2, 0) is 10.3 Å². The molecule has 1 unspecified atom stereocenters. The summed E-state index contributed by atoms with van der Waals surface area (Å²) in [5.74, 6) is 0. The number of hydrogen-bond donors (Lipinski definition) is 1. The Morgan fingerprint density at radius 3 is 3.05 bits per heavy atom. The lowest BCUT2D eigenvalue weighted by atomic mass is 9.94. The highest BCUT2D eigenvalue weighted by Crippen LogP contribution is 2.31. The SMILES string of the molecule is CC1(n2c(=S)[nH]c3c(C#N)cccc32)CCCOC1. The van der Waals surface area contributed by atoms with E-state index in [4.69, 9.17) is 17.0 Å². The number of H-pyrrole nitrogens is 1. The lowest BCUT2D eigenvalue weighted by Gasteiger charge is -2.35. The third-order valence-electron chi connectivity index (χ3n) is 3.80. The molecule has 5 heteroatoms. The Hall–Kier alpha value is -1.64. The number of benzene rings is 1. The quantitative estimate of drug-likeness (QED) is 0.812. The molecule has 1 aliphatic rings. The molecule has 1 N–H and O–H groups in total. The van der Waals surface area contributed by atoms with Crippen LogP contribution in [0.1, 0.15) is 25.3 Å². The lowest BCUT2D eigenvalue weighted by Crippen LogP contribution is -2.39. The molecule has 1 fully saturated rings. The van der Waals surface area contributed by atoms with Crippen LogP contribution in [0.3, 0.4) is 0 Å². The molecule has 2 heterocycles. The number of para-hydroxylation sites is 1. The summed E-state index contributed by atoms with van der Waals surface area (Å²) in [6.07, 6.45) is 2.06. The van der Waals surface area contributed by atoms with Crippen LogP contribution < -0.4 is 0 Å². The van der Waals surface area contributed by atoms with Crippen LogP contribution in [0.2, 0.25) is 0 Å². The van der Waals surface area contributed by atoms with E-state index in [2.05, 4.69) is 22.5 Å². The third kappa shape index (κ3) is 1.88. The van der Waals surface area contributed by atoms with E-state index in [0.29, 0.717) is 16.9 Å². The first-order chi connectivity index (χ1) is 9.15. The molecule has 0 bridgehead atoms. The van der Waals surface area contributed by atoms with Crippen LogP contribution in [-0.4, -0.2) is 22.8 Å². The van der Waals surface area contributed by atoms with Gasteiger partial charge in [0, 0.05) is 6.61 Å².